The van der Waals surface area contributed by atoms with Crippen LogP contribution >= 0.6 is 0 Å². The quantitative estimate of drug-likeness (QED) is 0.608. The van der Waals surface area contributed by atoms with Crippen LogP contribution in [0.5, 0.6) is 0 Å². The van der Waals surface area contributed by atoms with Crippen molar-refractivity contribution < 1.29 is 9.72 Å². The second-order valence-electron chi connectivity index (χ2n) is 7.39. The van der Waals surface area contributed by atoms with E-state index in [1.165, 1.54) is 6.07 Å². The summed E-state index contributed by atoms with van der Waals surface area (Å²) in [6.07, 6.45) is 3.05. The molecule has 0 radical (unpaired) electrons. The van der Waals surface area contributed by atoms with Gasteiger partial charge in [0.05, 0.1) is 4.92 Å². The SMILES string of the molecule is O=C(c1ccc(NC2CC2)c([N+](=O)[O-])c1)N1CCC(N2CCNCC2)C1. The van der Waals surface area contributed by atoms with E-state index in [4.69, 9.17) is 0 Å². The van der Waals surface area contributed by atoms with Crippen LogP contribution in [-0.4, -0.2) is 72.0 Å². The smallest absolute Gasteiger partial charge is 0.293 e. The van der Waals surface area contributed by atoms with Crippen LogP contribution in [0.1, 0.15) is 29.6 Å². The molecule has 8 nitrogen and oxygen atoms in total. The third kappa shape index (κ3) is 3.66. The van der Waals surface area contributed by atoms with Gasteiger partial charge in [0, 0.05) is 63.0 Å². The number of nitro benzene ring substituents is 1. The lowest BCUT2D eigenvalue weighted by atomic mass is 10.1. The number of carbonyl (C=O) groups is 1. The fourth-order valence-electron chi connectivity index (χ4n) is 3.84. The summed E-state index contributed by atoms with van der Waals surface area (Å²) >= 11 is 0. The Morgan fingerprint density at radius 3 is 2.65 bits per heavy atom. The van der Waals surface area contributed by atoms with E-state index in [-0.39, 0.29) is 11.6 Å². The molecule has 2 heterocycles. The van der Waals surface area contributed by atoms with Crippen LogP contribution in [0.15, 0.2) is 18.2 Å². The monoisotopic (exact) mass is 359 g/mol. The highest BCUT2D eigenvalue weighted by Crippen LogP contribution is 2.32. The highest BCUT2D eigenvalue weighted by molar-refractivity contribution is 5.96. The van der Waals surface area contributed by atoms with Crippen LogP contribution in [0.4, 0.5) is 11.4 Å². The molecule has 0 bridgehead atoms. The fourth-order valence-corrected chi connectivity index (χ4v) is 3.84. The lowest BCUT2D eigenvalue weighted by molar-refractivity contribution is -0.384. The Balaban J connectivity index is 1.45. The summed E-state index contributed by atoms with van der Waals surface area (Å²) in [6.45, 7) is 5.43. The standard InChI is InChI=1S/C18H25N5O3/c24-18(22-8-5-15(12-22)21-9-6-19-7-10-21)13-1-4-16(20-14-2-3-14)17(11-13)23(25)26/h1,4,11,14-15,19-20H,2-3,5-10,12H2. The molecule has 2 saturated heterocycles. The zero-order chi connectivity index (χ0) is 18.1. The van der Waals surface area contributed by atoms with Crippen molar-refractivity contribution in [1.29, 1.82) is 0 Å². The summed E-state index contributed by atoms with van der Waals surface area (Å²) in [7, 11) is 0. The molecule has 1 aromatic carbocycles. The molecule has 1 unspecified atom stereocenters. The highest BCUT2D eigenvalue weighted by atomic mass is 16.6. The summed E-state index contributed by atoms with van der Waals surface area (Å²) in [4.78, 5) is 28.1. The van der Waals surface area contributed by atoms with E-state index in [1.54, 1.807) is 12.1 Å². The predicted molar refractivity (Wildman–Crippen MR) is 98.5 cm³/mol. The number of piperazine rings is 1. The third-order valence-electron chi connectivity index (χ3n) is 5.50. The summed E-state index contributed by atoms with van der Waals surface area (Å²) < 4.78 is 0. The van der Waals surface area contributed by atoms with E-state index in [1.807, 2.05) is 4.90 Å². The molecule has 0 spiro atoms. The van der Waals surface area contributed by atoms with Crippen molar-refractivity contribution in [3.05, 3.63) is 33.9 Å². The average molecular weight is 359 g/mol. The summed E-state index contributed by atoms with van der Waals surface area (Å²) in [5.74, 6) is -0.108. The molecule has 1 atom stereocenters. The maximum absolute atomic E-state index is 12.8. The maximum Gasteiger partial charge on any atom is 0.293 e. The molecule has 3 aliphatic rings. The van der Waals surface area contributed by atoms with Crippen molar-refractivity contribution in [2.45, 2.75) is 31.3 Å². The van der Waals surface area contributed by atoms with Crippen molar-refractivity contribution >= 4 is 17.3 Å². The minimum absolute atomic E-state index is 0.0133. The number of hydrogen-bond donors (Lipinski definition) is 2. The van der Waals surface area contributed by atoms with Crippen molar-refractivity contribution in [3.8, 4) is 0 Å². The van der Waals surface area contributed by atoms with Gasteiger partial charge in [-0.25, -0.2) is 0 Å². The van der Waals surface area contributed by atoms with Gasteiger partial charge in [0.1, 0.15) is 5.69 Å². The van der Waals surface area contributed by atoms with Gasteiger partial charge in [-0.1, -0.05) is 0 Å². The van der Waals surface area contributed by atoms with Crippen LogP contribution in [0.2, 0.25) is 0 Å². The number of anilines is 1. The van der Waals surface area contributed by atoms with Gasteiger partial charge in [-0.15, -0.1) is 0 Å². The van der Waals surface area contributed by atoms with Gasteiger partial charge in [-0.2, -0.15) is 0 Å². The Kier molecular flexibility index (Phi) is 4.78. The molecule has 4 rings (SSSR count). The Labute approximate surface area is 152 Å². The van der Waals surface area contributed by atoms with E-state index in [0.29, 0.717) is 36.4 Å². The number of nitrogens with zero attached hydrogens (tertiary/aromatic N) is 3. The highest BCUT2D eigenvalue weighted by Gasteiger charge is 2.32. The number of amides is 1. The molecule has 1 amide bonds. The van der Waals surface area contributed by atoms with E-state index < -0.39 is 4.92 Å². The lowest BCUT2D eigenvalue weighted by Gasteiger charge is -2.32. The molecule has 1 aliphatic carbocycles. The number of carbonyl (C=O) groups excluding carboxylic acids is 1. The minimum atomic E-state index is -0.408. The number of rotatable bonds is 5. The molecule has 3 fully saturated rings. The second-order valence-corrected chi connectivity index (χ2v) is 7.39. The fraction of sp³-hybridized carbons (Fsp3) is 0.611. The second kappa shape index (κ2) is 7.20. The molecule has 2 N–H and O–H groups in total. The number of hydrogen-bond acceptors (Lipinski definition) is 6. The van der Waals surface area contributed by atoms with Gasteiger partial charge < -0.3 is 15.5 Å². The first-order valence-corrected chi connectivity index (χ1v) is 9.41. The number of likely N-dealkylation sites (tertiary alicyclic amines) is 1. The third-order valence-corrected chi connectivity index (χ3v) is 5.50. The van der Waals surface area contributed by atoms with Crippen LogP contribution in [-0.2, 0) is 0 Å². The van der Waals surface area contributed by atoms with Gasteiger partial charge >= 0.3 is 0 Å². The predicted octanol–water partition coefficient (Wildman–Crippen LogP) is 1.29. The molecule has 140 valence electrons. The van der Waals surface area contributed by atoms with E-state index in [0.717, 1.165) is 45.4 Å². The molecule has 1 aromatic rings. The van der Waals surface area contributed by atoms with Crippen molar-refractivity contribution in [1.82, 2.24) is 15.1 Å². The van der Waals surface area contributed by atoms with Gasteiger partial charge in [-0.3, -0.25) is 19.8 Å². The normalized spacial score (nSPS) is 23.8. The molecular formula is C18H25N5O3. The van der Waals surface area contributed by atoms with Crippen LogP contribution in [0, 0.1) is 10.1 Å². The zero-order valence-corrected chi connectivity index (χ0v) is 14.8. The van der Waals surface area contributed by atoms with Gasteiger partial charge in [0.25, 0.3) is 11.6 Å². The summed E-state index contributed by atoms with van der Waals surface area (Å²) in [5, 5.41) is 17.9. The van der Waals surface area contributed by atoms with E-state index in [2.05, 4.69) is 15.5 Å². The van der Waals surface area contributed by atoms with Gasteiger partial charge in [0.2, 0.25) is 0 Å². The first-order chi connectivity index (χ1) is 12.6. The Morgan fingerprint density at radius 1 is 1.19 bits per heavy atom. The van der Waals surface area contributed by atoms with Gasteiger partial charge in [0.15, 0.2) is 0 Å². The van der Waals surface area contributed by atoms with Crippen molar-refractivity contribution in [3.63, 3.8) is 0 Å². The molecule has 1 saturated carbocycles. The lowest BCUT2D eigenvalue weighted by Crippen LogP contribution is -2.49. The zero-order valence-electron chi connectivity index (χ0n) is 14.8. The van der Waals surface area contributed by atoms with Crippen molar-refractivity contribution in [2.24, 2.45) is 0 Å². The Bertz CT molecular complexity index is 700. The maximum atomic E-state index is 12.8. The van der Waals surface area contributed by atoms with E-state index in [9.17, 15) is 14.9 Å². The first kappa shape index (κ1) is 17.2. The van der Waals surface area contributed by atoms with E-state index >= 15 is 0 Å². The van der Waals surface area contributed by atoms with Crippen LogP contribution in [0.25, 0.3) is 0 Å². The topological polar surface area (TPSA) is 90.7 Å². The van der Waals surface area contributed by atoms with Crippen LogP contribution < -0.4 is 10.6 Å². The molecule has 0 aromatic heterocycles. The Hall–Kier alpha value is -2.19. The summed E-state index contributed by atoms with van der Waals surface area (Å²) in [5.41, 5.74) is 0.897. The molecule has 8 heteroatoms. The van der Waals surface area contributed by atoms with Crippen LogP contribution in [0.3, 0.4) is 0 Å². The largest absolute Gasteiger partial charge is 0.377 e. The molecule has 26 heavy (non-hydrogen) atoms. The number of benzene rings is 1. The van der Waals surface area contributed by atoms with Gasteiger partial charge in [-0.05, 0) is 31.4 Å². The van der Waals surface area contributed by atoms with Crippen molar-refractivity contribution in [2.75, 3.05) is 44.6 Å². The first-order valence-electron chi connectivity index (χ1n) is 9.41. The molecule has 2 aliphatic heterocycles. The average Bonchev–Trinajstić information content (AvgIpc) is 3.34. The summed E-state index contributed by atoms with van der Waals surface area (Å²) in [6, 6.07) is 5.53. The number of nitrogens with one attached hydrogen (secondary N) is 2. The number of nitro groups is 1. The molecular weight excluding hydrogens is 334 g/mol. The Morgan fingerprint density at radius 2 is 1.96 bits per heavy atom. The minimum Gasteiger partial charge on any atom is -0.377 e.